The van der Waals surface area contributed by atoms with Crippen LogP contribution in [0.5, 0.6) is 0 Å². The average molecular weight is 454 g/mol. The lowest BCUT2D eigenvalue weighted by molar-refractivity contribution is 0.482. The van der Waals surface area contributed by atoms with Gasteiger partial charge in [-0.15, -0.1) is 24.0 Å². The zero-order valence-corrected chi connectivity index (χ0v) is 16.3. The molecule has 0 saturated carbocycles. The molecule has 1 N–H and O–H groups in total. The summed E-state index contributed by atoms with van der Waals surface area (Å²) < 4.78 is 29.9. The Kier molecular flexibility index (Phi) is 8.10. The number of benzene rings is 3. The highest BCUT2D eigenvalue weighted by Gasteiger charge is 2.10. The standard InChI is InChI=1S/C12H10.C7H8O3S.HI/c1-3-7-11(8-4-1)12-9-5-2-6-10-12;1-6-4-2-3-5-7(6)11(8,9)10;/h1-10H;2-5H,1H3,(H,8,9,10);1H. The van der Waals surface area contributed by atoms with E-state index in [-0.39, 0.29) is 28.9 Å². The zero-order valence-electron chi connectivity index (χ0n) is 13.2. The fourth-order valence-electron chi connectivity index (χ4n) is 2.11. The molecule has 0 aliphatic rings. The lowest BCUT2D eigenvalue weighted by Gasteiger charge is -1.99. The molecule has 0 atom stereocenters. The molecular weight excluding hydrogens is 435 g/mol. The lowest BCUT2D eigenvalue weighted by atomic mass is 10.1. The summed E-state index contributed by atoms with van der Waals surface area (Å²) in [6.07, 6.45) is 0. The van der Waals surface area contributed by atoms with E-state index in [0.717, 1.165) is 0 Å². The van der Waals surface area contributed by atoms with Crippen LogP contribution in [0.15, 0.2) is 89.8 Å². The fourth-order valence-corrected chi connectivity index (χ4v) is 2.83. The van der Waals surface area contributed by atoms with Crippen LogP contribution in [-0.2, 0) is 10.1 Å². The van der Waals surface area contributed by atoms with Crippen molar-refractivity contribution >= 4 is 34.1 Å². The fraction of sp³-hybridized carbons (Fsp3) is 0.0526. The summed E-state index contributed by atoms with van der Waals surface area (Å²) in [5.74, 6) is 0. The molecule has 0 spiro atoms. The summed E-state index contributed by atoms with van der Waals surface area (Å²) in [6.45, 7) is 1.63. The molecule has 3 nitrogen and oxygen atoms in total. The van der Waals surface area contributed by atoms with E-state index in [9.17, 15) is 8.42 Å². The quantitative estimate of drug-likeness (QED) is 0.427. The molecule has 0 aliphatic heterocycles. The number of hydrogen-bond donors (Lipinski definition) is 1. The van der Waals surface area contributed by atoms with Crippen LogP contribution < -0.4 is 0 Å². The van der Waals surface area contributed by atoms with Crippen molar-refractivity contribution in [2.75, 3.05) is 0 Å². The lowest BCUT2D eigenvalue weighted by Crippen LogP contribution is -1.99. The van der Waals surface area contributed by atoms with Crippen LogP contribution in [-0.4, -0.2) is 13.0 Å². The monoisotopic (exact) mass is 454 g/mol. The van der Waals surface area contributed by atoms with Crippen molar-refractivity contribution in [2.24, 2.45) is 0 Å². The third kappa shape index (κ3) is 6.07. The number of rotatable bonds is 2. The summed E-state index contributed by atoms with van der Waals surface area (Å²) >= 11 is 0. The van der Waals surface area contributed by atoms with E-state index in [4.69, 9.17) is 4.55 Å². The molecule has 3 aromatic rings. The van der Waals surface area contributed by atoms with Gasteiger partial charge in [0.2, 0.25) is 0 Å². The highest BCUT2D eigenvalue weighted by Crippen LogP contribution is 2.17. The normalized spacial score (nSPS) is 10.1. The molecule has 0 aromatic heterocycles. The second-order valence-electron chi connectivity index (χ2n) is 4.97. The van der Waals surface area contributed by atoms with Gasteiger partial charge in [-0.25, -0.2) is 0 Å². The minimum atomic E-state index is -4.03. The first-order chi connectivity index (χ1) is 11.0. The van der Waals surface area contributed by atoms with Crippen molar-refractivity contribution in [3.63, 3.8) is 0 Å². The Morgan fingerprint density at radius 3 is 1.38 bits per heavy atom. The van der Waals surface area contributed by atoms with E-state index in [2.05, 4.69) is 48.5 Å². The topological polar surface area (TPSA) is 54.4 Å². The Morgan fingerprint density at radius 1 is 0.667 bits per heavy atom. The second kappa shape index (κ2) is 9.56. The van der Waals surface area contributed by atoms with Crippen molar-refractivity contribution < 1.29 is 13.0 Å². The largest absolute Gasteiger partial charge is 0.294 e. The smallest absolute Gasteiger partial charge is 0.282 e. The van der Waals surface area contributed by atoms with Crippen molar-refractivity contribution in [2.45, 2.75) is 11.8 Å². The van der Waals surface area contributed by atoms with Crippen LogP contribution in [0.3, 0.4) is 0 Å². The first kappa shape index (κ1) is 20.3. The van der Waals surface area contributed by atoms with Gasteiger partial charge in [0.05, 0.1) is 4.90 Å². The molecular formula is C19H19IO3S. The van der Waals surface area contributed by atoms with Gasteiger partial charge in [0, 0.05) is 0 Å². The van der Waals surface area contributed by atoms with Crippen LogP contribution in [0, 0.1) is 6.92 Å². The van der Waals surface area contributed by atoms with Crippen molar-refractivity contribution in [1.82, 2.24) is 0 Å². The Morgan fingerprint density at radius 2 is 1.04 bits per heavy atom. The van der Waals surface area contributed by atoms with Gasteiger partial charge in [-0.05, 0) is 29.7 Å². The molecule has 0 amide bonds. The minimum absolute atomic E-state index is 0. The highest BCUT2D eigenvalue weighted by atomic mass is 127. The van der Waals surface area contributed by atoms with E-state index < -0.39 is 10.1 Å². The van der Waals surface area contributed by atoms with E-state index in [0.29, 0.717) is 5.56 Å². The SMILES string of the molecule is Cc1ccccc1S(=O)(=O)O.I.c1ccc(-c2ccccc2)cc1. The van der Waals surface area contributed by atoms with Crippen molar-refractivity contribution in [3.05, 3.63) is 90.5 Å². The maximum Gasteiger partial charge on any atom is 0.294 e. The molecule has 0 unspecified atom stereocenters. The first-order valence-electron chi connectivity index (χ1n) is 7.12. The van der Waals surface area contributed by atoms with Gasteiger partial charge in [0.15, 0.2) is 0 Å². The zero-order chi connectivity index (χ0) is 16.7. The predicted octanol–water partition coefficient (Wildman–Crippen LogP) is 5.21. The summed E-state index contributed by atoms with van der Waals surface area (Å²) in [5, 5.41) is 0. The van der Waals surface area contributed by atoms with Gasteiger partial charge in [0.25, 0.3) is 10.1 Å². The van der Waals surface area contributed by atoms with E-state index in [1.165, 1.54) is 17.2 Å². The predicted molar refractivity (Wildman–Crippen MR) is 108 cm³/mol. The summed E-state index contributed by atoms with van der Waals surface area (Å²) in [6, 6.07) is 27.1. The first-order valence-corrected chi connectivity index (χ1v) is 8.56. The van der Waals surface area contributed by atoms with E-state index >= 15 is 0 Å². The molecule has 0 radical (unpaired) electrons. The molecule has 3 rings (SSSR count). The maximum atomic E-state index is 10.6. The third-order valence-corrected chi connectivity index (χ3v) is 4.27. The molecule has 0 fully saturated rings. The summed E-state index contributed by atoms with van der Waals surface area (Å²) in [5.41, 5.74) is 3.10. The van der Waals surface area contributed by atoms with Crippen LogP contribution >= 0.6 is 24.0 Å². The van der Waals surface area contributed by atoms with Gasteiger partial charge in [-0.2, -0.15) is 8.42 Å². The summed E-state index contributed by atoms with van der Waals surface area (Å²) in [7, 11) is -4.03. The van der Waals surface area contributed by atoms with Gasteiger partial charge in [-0.3, -0.25) is 4.55 Å². The van der Waals surface area contributed by atoms with Crippen LogP contribution in [0.2, 0.25) is 0 Å². The van der Waals surface area contributed by atoms with Crippen molar-refractivity contribution in [1.29, 1.82) is 0 Å². The van der Waals surface area contributed by atoms with E-state index in [1.54, 1.807) is 25.1 Å². The molecule has 5 heteroatoms. The van der Waals surface area contributed by atoms with Crippen molar-refractivity contribution in [3.8, 4) is 11.1 Å². The number of halogens is 1. The summed E-state index contributed by atoms with van der Waals surface area (Å²) in [4.78, 5) is -0.0278. The highest BCUT2D eigenvalue weighted by molar-refractivity contribution is 14.0. The number of hydrogen-bond acceptors (Lipinski definition) is 2. The second-order valence-corrected chi connectivity index (χ2v) is 6.36. The molecule has 0 bridgehead atoms. The molecule has 0 saturated heterocycles. The maximum absolute atomic E-state index is 10.6. The Balaban J connectivity index is 0.000000232. The average Bonchev–Trinajstić information content (AvgIpc) is 2.56. The van der Waals surface area contributed by atoms with Gasteiger partial charge in [-0.1, -0.05) is 78.9 Å². The Hall–Kier alpha value is -1.70. The van der Waals surface area contributed by atoms with Crippen LogP contribution in [0.25, 0.3) is 11.1 Å². The van der Waals surface area contributed by atoms with Gasteiger partial charge in [0.1, 0.15) is 0 Å². The molecule has 126 valence electrons. The van der Waals surface area contributed by atoms with E-state index in [1.807, 2.05) is 12.1 Å². The van der Waals surface area contributed by atoms with Gasteiger partial charge >= 0.3 is 0 Å². The molecule has 0 heterocycles. The number of aryl methyl sites for hydroxylation is 1. The molecule has 24 heavy (non-hydrogen) atoms. The van der Waals surface area contributed by atoms with Crippen LogP contribution in [0.1, 0.15) is 5.56 Å². The third-order valence-electron chi connectivity index (χ3n) is 3.25. The van der Waals surface area contributed by atoms with Crippen LogP contribution in [0.4, 0.5) is 0 Å². The minimum Gasteiger partial charge on any atom is -0.282 e. The van der Waals surface area contributed by atoms with Gasteiger partial charge < -0.3 is 0 Å². The Bertz CT molecular complexity index is 811. The molecule has 0 aliphatic carbocycles. The molecule has 3 aromatic carbocycles. The Labute approximate surface area is 160 Å².